The second kappa shape index (κ2) is 5.65. The second-order valence-corrected chi connectivity index (χ2v) is 6.12. The van der Waals surface area contributed by atoms with Gasteiger partial charge in [0.25, 0.3) is 0 Å². The Hall–Kier alpha value is -1.21. The number of nitrogens with zero attached hydrogens (tertiary/aromatic N) is 2. The van der Waals surface area contributed by atoms with Crippen molar-refractivity contribution < 1.29 is 4.74 Å². The van der Waals surface area contributed by atoms with Gasteiger partial charge in [0.1, 0.15) is 5.82 Å². The van der Waals surface area contributed by atoms with Gasteiger partial charge < -0.3 is 10.5 Å². The van der Waals surface area contributed by atoms with Crippen molar-refractivity contribution in [3.05, 3.63) is 39.1 Å². The van der Waals surface area contributed by atoms with Crippen LogP contribution in [0, 0.1) is 3.57 Å². The minimum Gasteiger partial charge on any atom is -0.383 e. The third kappa shape index (κ3) is 2.78. The van der Waals surface area contributed by atoms with Crippen LogP contribution in [0.3, 0.4) is 0 Å². The molecule has 0 spiro atoms. The van der Waals surface area contributed by atoms with E-state index < -0.39 is 0 Å². The summed E-state index contributed by atoms with van der Waals surface area (Å²) in [5.41, 5.74) is 9.24. The molecule has 0 radical (unpaired) electrons. The van der Waals surface area contributed by atoms with Gasteiger partial charge in [-0.05, 0) is 47.1 Å². The number of anilines is 1. The van der Waals surface area contributed by atoms with Gasteiger partial charge in [0.15, 0.2) is 5.82 Å². The van der Waals surface area contributed by atoms with E-state index in [4.69, 9.17) is 15.5 Å². The summed E-state index contributed by atoms with van der Waals surface area (Å²) in [7, 11) is 1.69. The van der Waals surface area contributed by atoms with Gasteiger partial charge in [0, 0.05) is 18.6 Å². The Labute approximate surface area is 131 Å². The topological polar surface area (TPSA) is 61.0 Å². The monoisotopic (exact) mass is 381 g/mol. The number of methoxy groups -OCH3 is 1. The third-order valence-corrected chi connectivity index (χ3v) is 4.47. The molecule has 0 aliphatic heterocycles. The minimum atomic E-state index is 0.563. The molecule has 2 aromatic rings. The van der Waals surface area contributed by atoms with Gasteiger partial charge in [-0.15, -0.1) is 0 Å². The molecule has 1 aromatic heterocycles. The van der Waals surface area contributed by atoms with E-state index in [2.05, 4.69) is 33.6 Å². The predicted octanol–water partition coefficient (Wildman–Crippen LogP) is 3.35. The summed E-state index contributed by atoms with van der Waals surface area (Å²) in [5.74, 6) is 1.85. The molecule has 20 heavy (non-hydrogen) atoms. The van der Waals surface area contributed by atoms with Crippen LogP contribution in [0.2, 0.25) is 0 Å². The van der Waals surface area contributed by atoms with E-state index in [0.29, 0.717) is 24.2 Å². The van der Waals surface area contributed by atoms with E-state index in [-0.39, 0.29) is 0 Å². The van der Waals surface area contributed by atoms with Crippen LogP contribution in [0.15, 0.2) is 24.3 Å². The van der Waals surface area contributed by atoms with Crippen molar-refractivity contribution in [2.24, 2.45) is 0 Å². The standard InChI is InChI=1S/C15H16IN3O/c1-20-8-9-3-2-4-11(7-9)15-18-13(10-5-6-10)12(16)14(17)19-15/h2-4,7,10H,5-6,8H2,1H3,(H2,17,18,19). The predicted molar refractivity (Wildman–Crippen MR) is 87.3 cm³/mol. The first-order valence-corrected chi connectivity index (χ1v) is 7.68. The van der Waals surface area contributed by atoms with Crippen molar-refractivity contribution in [1.82, 2.24) is 9.97 Å². The lowest BCUT2D eigenvalue weighted by Gasteiger charge is -2.09. The molecular formula is C15H16IN3O. The lowest BCUT2D eigenvalue weighted by atomic mass is 10.1. The highest BCUT2D eigenvalue weighted by Gasteiger charge is 2.29. The summed E-state index contributed by atoms with van der Waals surface area (Å²) in [6, 6.07) is 8.10. The average Bonchev–Trinajstić information content (AvgIpc) is 3.27. The lowest BCUT2D eigenvalue weighted by molar-refractivity contribution is 0.185. The molecule has 0 unspecified atom stereocenters. The maximum Gasteiger partial charge on any atom is 0.161 e. The van der Waals surface area contributed by atoms with Crippen LogP contribution in [0.4, 0.5) is 5.82 Å². The molecule has 4 nitrogen and oxygen atoms in total. The van der Waals surface area contributed by atoms with E-state index in [0.717, 1.165) is 20.4 Å². The second-order valence-electron chi connectivity index (χ2n) is 5.04. The summed E-state index contributed by atoms with van der Waals surface area (Å²) in [5, 5.41) is 0. The number of aromatic nitrogens is 2. The van der Waals surface area contributed by atoms with Gasteiger partial charge in [0.05, 0.1) is 15.9 Å². The lowest BCUT2D eigenvalue weighted by Crippen LogP contribution is -2.04. The number of benzene rings is 1. The summed E-state index contributed by atoms with van der Waals surface area (Å²) in [6.45, 7) is 0.586. The third-order valence-electron chi connectivity index (χ3n) is 3.36. The fourth-order valence-electron chi connectivity index (χ4n) is 2.21. The number of halogens is 1. The number of rotatable bonds is 4. The van der Waals surface area contributed by atoms with Crippen molar-refractivity contribution >= 4 is 28.4 Å². The molecule has 1 aliphatic rings. The van der Waals surface area contributed by atoms with Crippen LogP contribution in [-0.4, -0.2) is 17.1 Å². The van der Waals surface area contributed by atoms with E-state index in [1.54, 1.807) is 7.11 Å². The normalized spacial score (nSPS) is 14.5. The van der Waals surface area contributed by atoms with Crippen LogP contribution < -0.4 is 5.73 Å². The fourth-order valence-corrected chi connectivity index (χ4v) is 2.89. The van der Waals surface area contributed by atoms with Gasteiger partial charge in [-0.25, -0.2) is 9.97 Å². The summed E-state index contributed by atoms with van der Waals surface area (Å²) in [6.07, 6.45) is 2.41. The molecule has 0 saturated heterocycles. The van der Waals surface area contributed by atoms with Gasteiger partial charge in [0.2, 0.25) is 0 Å². The zero-order valence-electron chi connectivity index (χ0n) is 11.3. The Kier molecular flexibility index (Phi) is 3.89. The number of ether oxygens (including phenoxy) is 1. The molecule has 1 aliphatic carbocycles. The zero-order chi connectivity index (χ0) is 14.1. The van der Waals surface area contributed by atoms with Crippen molar-refractivity contribution in [3.63, 3.8) is 0 Å². The van der Waals surface area contributed by atoms with Crippen LogP contribution >= 0.6 is 22.6 Å². The van der Waals surface area contributed by atoms with Crippen LogP contribution in [0.1, 0.15) is 30.0 Å². The maximum atomic E-state index is 6.04. The first-order chi connectivity index (χ1) is 9.69. The van der Waals surface area contributed by atoms with E-state index in [1.807, 2.05) is 18.2 Å². The molecule has 104 valence electrons. The smallest absolute Gasteiger partial charge is 0.161 e. The quantitative estimate of drug-likeness (QED) is 0.826. The molecule has 0 bridgehead atoms. The fraction of sp³-hybridized carbons (Fsp3) is 0.333. The van der Waals surface area contributed by atoms with Crippen molar-refractivity contribution in [1.29, 1.82) is 0 Å². The average molecular weight is 381 g/mol. The number of nitrogens with two attached hydrogens (primary N) is 1. The minimum absolute atomic E-state index is 0.563. The van der Waals surface area contributed by atoms with E-state index in [9.17, 15) is 0 Å². The van der Waals surface area contributed by atoms with Gasteiger partial charge in [-0.3, -0.25) is 0 Å². The molecule has 1 saturated carbocycles. The van der Waals surface area contributed by atoms with Crippen molar-refractivity contribution in [3.8, 4) is 11.4 Å². The highest BCUT2D eigenvalue weighted by molar-refractivity contribution is 14.1. The van der Waals surface area contributed by atoms with Crippen LogP contribution in [0.25, 0.3) is 11.4 Å². The van der Waals surface area contributed by atoms with Gasteiger partial charge in [-0.1, -0.05) is 18.2 Å². The summed E-state index contributed by atoms with van der Waals surface area (Å²) < 4.78 is 6.17. The first kappa shape index (κ1) is 13.8. The molecule has 0 atom stereocenters. The molecule has 1 aromatic carbocycles. The summed E-state index contributed by atoms with van der Waals surface area (Å²) >= 11 is 2.25. The van der Waals surface area contributed by atoms with Gasteiger partial charge >= 0.3 is 0 Å². The highest BCUT2D eigenvalue weighted by Crippen LogP contribution is 2.42. The van der Waals surface area contributed by atoms with Crippen molar-refractivity contribution in [2.45, 2.75) is 25.4 Å². The Morgan fingerprint density at radius 1 is 1.35 bits per heavy atom. The largest absolute Gasteiger partial charge is 0.383 e. The van der Waals surface area contributed by atoms with Crippen LogP contribution in [-0.2, 0) is 11.3 Å². The molecule has 1 fully saturated rings. The van der Waals surface area contributed by atoms with Crippen molar-refractivity contribution in [2.75, 3.05) is 12.8 Å². The molecule has 0 amide bonds. The Bertz CT molecular complexity index is 641. The Morgan fingerprint density at radius 2 is 2.15 bits per heavy atom. The molecular weight excluding hydrogens is 365 g/mol. The SMILES string of the molecule is COCc1cccc(-c2nc(N)c(I)c(C3CC3)n2)c1. The van der Waals surface area contributed by atoms with E-state index >= 15 is 0 Å². The Balaban J connectivity index is 2.03. The molecule has 2 N–H and O–H groups in total. The van der Waals surface area contributed by atoms with Crippen LogP contribution in [0.5, 0.6) is 0 Å². The molecule has 3 rings (SSSR count). The van der Waals surface area contributed by atoms with E-state index in [1.165, 1.54) is 12.8 Å². The number of hydrogen-bond donors (Lipinski definition) is 1. The molecule has 1 heterocycles. The number of hydrogen-bond acceptors (Lipinski definition) is 4. The zero-order valence-corrected chi connectivity index (χ0v) is 13.4. The molecule has 5 heteroatoms. The first-order valence-electron chi connectivity index (χ1n) is 6.60. The Morgan fingerprint density at radius 3 is 2.85 bits per heavy atom. The highest BCUT2D eigenvalue weighted by atomic mass is 127. The summed E-state index contributed by atoms with van der Waals surface area (Å²) in [4.78, 5) is 9.16. The van der Waals surface area contributed by atoms with Gasteiger partial charge in [-0.2, -0.15) is 0 Å². The number of nitrogen functional groups attached to an aromatic ring is 1. The maximum absolute atomic E-state index is 6.04.